The topological polar surface area (TPSA) is 16.1 Å². The number of para-hydroxylation sites is 1. The van der Waals surface area contributed by atoms with E-state index < -0.39 is 0 Å². The molecule has 4 heteroatoms. The average molecular weight is 373 g/mol. The smallest absolute Gasteiger partial charge is 0.105 e. The highest BCUT2D eigenvalue weighted by Crippen LogP contribution is 2.34. The molecule has 0 saturated heterocycles. The number of benzene rings is 2. The lowest BCUT2D eigenvalue weighted by molar-refractivity contribution is 0.224. The van der Waals surface area contributed by atoms with Gasteiger partial charge in [0.05, 0.1) is 5.52 Å². The highest BCUT2D eigenvalue weighted by Gasteiger charge is 2.22. The van der Waals surface area contributed by atoms with Crippen molar-refractivity contribution in [1.82, 2.24) is 9.88 Å². The summed E-state index contributed by atoms with van der Waals surface area (Å²) in [4.78, 5) is 7.23. The maximum atomic E-state index is 4.96. The molecule has 25 heavy (non-hydrogen) atoms. The number of fused-ring (bicyclic) bond motifs is 1. The largest absolute Gasteiger partial charge is 0.303 e. The third-order valence-corrected chi connectivity index (χ3v) is 5.98. The van der Waals surface area contributed by atoms with Crippen LogP contribution in [0.1, 0.15) is 13.8 Å². The van der Waals surface area contributed by atoms with Crippen LogP contribution in [0, 0.1) is 0 Å². The van der Waals surface area contributed by atoms with Crippen LogP contribution in [0.15, 0.2) is 65.7 Å². The van der Waals surface area contributed by atoms with E-state index in [0.717, 1.165) is 16.3 Å². The van der Waals surface area contributed by atoms with Gasteiger partial charge in [-0.1, -0.05) is 48.5 Å². The molecule has 0 atom stereocenters. The molecule has 132 valence electrons. The fraction of sp³-hybridized carbons (Fsp3) is 0.286. The Bertz CT molecular complexity index is 832. The number of aromatic nitrogens is 1. The van der Waals surface area contributed by atoms with Crippen molar-refractivity contribution in [3.63, 3.8) is 0 Å². The monoisotopic (exact) mass is 372 g/mol. The van der Waals surface area contributed by atoms with Crippen molar-refractivity contribution in [2.75, 3.05) is 19.8 Å². The maximum absolute atomic E-state index is 4.96. The van der Waals surface area contributed by atoms with Crippen LogP contribution in [-0.4, -0.2) is 35.3 Å². The normalized spacial score (nSPS) is 11.6. The first-order chi connectivity index (χ1) is 11.5. The lowest BCUT2D eigenvalue weighted by Gasteiger charge is -2.32. The molecular weight excluding hydrogens is 348 g/mol. The van der Waals surface area contributed by atoms with Crippen LogP contribution in [0.5, 0.6) is 0 Å². The van der Waals surface area contributed by atoms with Gasteiger partial charge in [-0.25, -0.2) is 4.98 Å². The van der Waals surface area contributed by atoms with Crippen molar-refractivity contribution in [3.05, 3.63) is 60.7 Å². The second-order valence-electron chi connectivity index (χ2n) is 6.90. The first kappa shape index (κ1) is 19.8. The molecule has 0 aliphatic carbocycles. The van der Waals surface area contributed by atoms with Gasteiger partial charge in [0, 0.05) is 22.2 Å². The summed E-state index contributed by atoms with van der Waals surface area (Å²) in [5, 5.41) is 2.29. The zero-order valence-electron chi connectivity index (χ0n) is 15.2. The number of nitrogens with zero attached hydrogens (tertiary/aromatic N) is 2. The van der Waals surface area contributed by atoms with Crippen LogP contribution in [-0.2, 0) is 0 Å². The second kappa shape index (κ2) is 8.22. The number of thioether (sulfide) groups is 1. The van der Waals surface area contributed by atoms with E-state index in [1.807, 2.05) is 11.8 Å². The van der Waals surface area contributed by atoms with Gasteiger partial charge in [0.15, 0.2) is 0 Å². The first-order valence-corrected chi connectivity index (χ1v) is 9.21. The van der Waals surface area contributed by atoms with Crippen molar-refractivity contribution in [1.29, 1.82) is 0 Å². The van der Waals surface area contributed by atoms with Crippen molar-refractivity contribution >= 4 is 35.1 Å². The van der Waals surface area contributed by atoms with Crippen molar-refractivity contribution in [3.8, 4) is 11.1 Å². The van der Waals surface area contributed by atoms with Crippen molar-refractivity contribution < 1.29 is 0 Å². The van der Waals surface area contributed by atoms with Crippen molar-refractivity contribution in [2.24, 2.45) is 0 Å². The van der Waals surface area contributed by atoms with Crippen LogP contribution in [0.2, 0.25) is 0 Å². The number of rotatable bonds is 5. The number of pyridine rings is 1. The lowest BCUT2D eigenvalue weighted by atomic mass is 10.1. The molecule has 0 N–H and O–H groups in total. The second-order valence-corrected chi connectivity index (χ2v) is 7.86. The highest BCUT2D eigenvalue weighted by atomic mass is 35.5. The summed E-state index contributed by atoms with van der Waals surface area (Å²) >= 11 is 1.84. The van der Waals surface area contributed by atoms with Gasteiger partial charge in [-0.2, -0.15) is 0 Å². The molecule has 0 radical (unpaired) electrons. The predicted molar refractivity (Wildman–Crippen MR) is 113 cm³/mol. The van der Waals surface area contributed by atoms with Gasteiger partial charge < -0.3 is 4.90 Å². The molecule has 0 bridgehead atoms. The van der Waals surface area contributed by atoms with E-state index in [0.29, 0.717) is 0 Å². The summed E-state index contributed by atoms with van der Waals surface area (Å²) in [6.45, 7) is 4.53. The first-order valence-electron chi connectivity index (χ1n) is 8.23. The molecule has 2 nitrogen and oxygen atoms in total. The molecule has 3 aromatic rings. The zero-order chi connectivity index (χ0) is 17.2. The number of hydrogen-bond acceptors (Lipinski definition) is 3. The predicted octanol–water partition coefficient (Wildman–Crippen LogP) is 5.76. The van der Waals surface area contributed by atoms with Gasteiger partial charge in [0.25, 0.3) is 0 Å². The Hall–Kier alpha value is -1.55. The molecule has 3 rings (SSSR count). The minimum Gasteiger partial charge on any atom is -0.303 e. The van der Waals surface area contributed by atoms with Gasteiger partial charge in [0.2, 0.25) is 0 Å². The minimum atomic E-state index is 0. The van der Waals surface area contributed by atoms with Crippen LogP contribution in [0.3, 0.4) is 0 Å². The molecule has 0 spiro atoms. The molecule has 1 heterocycles. The third kappa shape index (κ3) is 4.55. The van der Waals surface area contributed by atoms with Gasteiger partial charge >= 0.3 is 0 Å². The van der Waals surface area contributed by atoms with Crippen LogP contribution in [0.25, 0.3) is 22.0 Å². The summed E-state index contributed by atoms with van der Waals surface area (Å²) < 4.78 is 0. The fourth-order valence-corrected chi connectivity index (χ4v) is 3.65. The highest BCUT2D eigenvalue weighted by molar-refractivity contribution is 7.99. The summed E-state index contributed by atoms with van der Waals surface area (Å²) in [6.07, 6.45) is 0. The minimum absolute atomic E-state index is 0. The van der Waals surface area contributed by atoms with E-state index in [1.165, 1.54) is 16.5 Å². The fourth-order valence-electron chi connectivity index (χ4n) is 2.41. The van der Waals surface area contributed by atoms with E-state index >= 15 is 0 Å². The number of halogens is 1. The van der Waals surface area contributed by atoms with Crippen LogP contribution < -0.4 is 0 Å². The summed E-state index contributed by atoms with van der Waals surface area (Å²) in [7, 11) is 4.26. The number of hydrogen-bond donors (Lipinski definition) is 0. The molecule has 1 aromatic heterocycles. The van der Waals surface area contributed by atoms with E-state index in [9.17, 15) is 0 Å². The zero-order valence-corrected chi connectivity index (χ0v) is 16.8. The van der Waals surface area contributed by atoms with Gasteiger partial charge in [-0.15, -0.1) is 24.2 Å². The van der Waals surface area contributed by atoms with Crippen molar-refractivity contribution in [2.45, 2.75) is 24.4 Å². The lowest BCUT2D eigenvalue weighted by Crippen LogP contribution is -2.40. The Kier molecular flexibility index (Phi) is 6.50. The van der Waals surface area contributed by atoms with E-state index in [1.54, 1.807) is 0 Å². The molecule has 0 aliphatic heterocycles. The summed E-state index contributed by atoms with van der Waals surface area (Å²) in [6, 6.07) is 21.2. The van der Waals surface area contributed by atoms with E-state index in [2.05, 4.69) is 93.5 Å². The molecule has 0 unspecified atom stereocenters. The van der Waals surface area contributed by atoms with Crippen LogP contribution in [0.4, 0.5) is 0 Å². The molecule has 0 amide bonds. The molecule has 0 saturated carbocycles. The van der Waals surface area contributed by atoms with E-state index in [4.69, 9.17) is 4.98 Å². The molecule has 0 fully saturated rings. The standard InChI is InChI=1S/C21H24N2S.ClH/c1-21(2,23(3)4)15-24-20-18(16-10-6-5-7-11-16)14-17-12-8-9-13-19(17)22-20;/h5-14H,15H2,1-4H3;1H. The summed E-state index contributed by atoms with van der Waals surface area (Å²) in [5.41, 5.74) is 3.61. The molecule has 2 aromatic carbocycles. The Morgan fingerprint density at radius 3 is 2.28 bits per heavy atom. The maximum Gasteiger partial charge on any atom is 0.105 e. The van der Waals surface area contributed by atoms with Gasteiger partial charge in [0.1, 0.15) is 5.03 Å². The Morgan fingerprint density at radius 2 is 1.60 bits per heavy atom. The average Bonchev–Trinajstić information content (AvgIpc) is 2.60. The third-order valence-electron chi connectivity index (χ3n) is 4.55. The van der Waals surface area contributed by atoms with Gasteiger partial charge in [-0.3, -0.25) is 0 Å². The Balaban J connectivity index is 0.00000225. The van der Waals surface area contributed by atoms with Gasteiger partial charge in [-0.05, 0) is 45.6 Å². The SMILES string of the molecule is CN(C)C(C)(C)CSc1nc2ccccc2cc1-c1ccccc1.Cl. The Morgan fingerprint density at radius 1 is 0.960 bits per heavy atom. The molecule has 0 aliphatic rings. The summed E-state index contributed by atoms with van der Waals surface area (Å²) in [5.74, 6) is 0.991. The van der Waals surface area contributed by atoms with Crippen LogP contribution >= 0.6 is 24.2 Å². The van der Waals surface area contributed by atoms with E-state index in [-0.39, 0.29) is 17.9 Å². The quantitative estimate of drug-likeness (QED) is 0.530. The Labute approximate surface area is 161 Å². The molecular formula is C21H25ClN2S.